The second-order valence-electron chi connectivity index (χ2n) is 6.35. The van der Waals surface area contributed by atoms with Gasteiger partial charge in [-0.25, -0.2) is 15.0 Å². The summed E-state index contributed by atoms with van der Waals surface area (Å²) in [7, 11) is 0. The lowest BCUT2D eigenvalue weighted by molar-refractivity contribution is -0.159. The van der Waals surface area contributed by atoms with Gasteiger partial charge in [0.05, 0.1) is 18.5 Å². The fourth-order valence-electron chi connectivity index (χ4n) is 3.63. The van der Waals surface area contributed by atoms with Crippen molar-refractivity contribution < 1.29 is 9.47 Å². The van der Waals surface area contributed by atoms with Gasteiger partial charge in [-0.05, 0) is 26.8 Å². The first-order valence-electron chi connectivity index (χ1n) is 7.39. The lowest BCUT2D eigenvalue weighted by atomic mass is 10.1. The van der Waals surface area contributed by atoms with E-state index in [2.05, 4.69) is 15.0 Å². The number of halogens is 1. The second-order valence-corrected chi connectivity index (χ2v) is 6.71. The normalized spacial score (nSPS) is 33.5. The molecule has 2 N–H and O–H groups in total. The van der Waals surface area contributed by atoms with Gasteiger partial charge in [0.1, 0.15) is 17.9 Å². The summed E-state index contributed by atoms with van der Waals surface area (Å²) in [6, 6.07) is 0.0799. The highest BCUT2D eigenvalue weighted by Gasteiger charge is 2.54. The van der Waals surface area contributed by atoms with Gasteiger partial charge in [-0.15, -0.1) is 0 Å². The summed E-state index contributed by atoms with van der Waals surface area (Å²) >= 11 is 6.09. The number of nitrogens with two attached hydrogens (primary N) is 1. The van der Waals surface area contributed by atoms with E-state index in [9.17, 15) is 0 Å². The lowest BCUT2D eigenvalue weighted by Crippen LogP contribution is -2.29. The quantitative estimate of drug-likeness (QED) is 0.843. The molecule has 3 heterocycles. The van der Waals surface area contributed by atoms with Gasteiger partial charge >= 0.3 is 0 Å². The van der Waals surface area contributed by atoms with Crippen molar-refractivity contribution in [1.29, 1.82) is 0 Å². The molecule has 1 aliphatic carbocycles. The molecule has 7 nitrogen and oxygen atoms in total. The fourth-order valence-corrected chi connectivity index (χ4v) is 3.80. The van der Waals surface area contributed by atoms with Crippen LogP contribution in [-0.4, -0.2) is 44.1 Å². The third-order valence-corrected chi connectivity index (χ3v) is 4.80. The van der Waals surface area contributed by atoms with Crippen LogP contribution in [0.2, 0.25) is 5.15 Å². The van der Waals surface area contributed by atoms with Crippen molar-refractivity contribution in [2.24, 2.45) is 11.7 Å². The molecule has 0 spiro atoms. The fraction of sp³-hybridized carbons (Fsp3) is 0.643. The van der Waals surface area contributed by atoms with Crippen molar-refractivity contribution in [3.05, 3.63) is 17.8 Å². The first-order valence-corrected chi connectivity index (χ1v) is 7.77. The summed E-state index contributed by atoms with van der Waals surface area (Å²) in [5.41, 5.74) is 7.25. The van der Waals surface area contributed by atoms with Crippen LogP contribution < -0.4 is 5.73 Å². The largest absolute Gasteiger partial charge is 0.344 e. The standard InChI is InChI=1S/C14H18ClN5O2/c1-14(2)21-10-7(4-16)3-8(11(10)22-14)20-6-19-9-12(15)17-5-18-13(9)20/h5-8,10-11H,3-4,16H2,1-2H3/t7-,8-,10-,11+/m1/s1. The third-order valence-electron chi connectivity index (χ3n) is 4.53. The lowest BCUT2D eigenvalue weighted by Gasteiger charge is -2.23. The summed E-state index contributed by atoms with van der Waals surface area (Å²) in [4.78, 5) is 12.6. The molecule has 118 valence electrons. The van der Waals surface area contributed by atoms with Gasteiger partial charge in [-0.1, -0.05) is 11.6 Å². The van der Waals surface area contributed by atoms with E-state index < -0.39 is 5.79 Å². The molecule has 0 amide bonds. The Bertz CT molecular complexity index is 718. The number of ether oxygens (including phenoxy) is 2. The van der Waals surface area contributed by atoms with Crippen LogP contribution in [0.25, 0.3) is 11.2 Å². The predicted octanol–water partition coefficient (Wildman–Crippen LogP) is 1.52. The molecule has 2 aromatic heterocycles. The van der Waals surface area contributed by atoms with Crippen LogP contribution in [0.4, 0.5) is 0 Å². The van der Waals surface area contributed by atoms with Crippen molar-refractivity contribution in [3.63, 3.8) is 0 Å². The summed E-state index contributed by atoms with van der Waals surface area (Å²) in [6.45, 7) is 4.43. The van der Waals surface area contributed by atoms with Crippen molar-refractivity contribution in [2.45, 2.75) is 44.3 Å². The highest BCUT2D eigenvalue weighted by molar-refractivity contribution is 6.33. The molecule has 0 aromatic carbocycles. The SMILES string of the molecule is CC1(C)O[C@@H]2[C@@H](CN)C[C@@H](n3cnc4c(Cl)ncnc43)[C@@H]2O1. The highest BCUT2D eigenvalue weighted by atomic mass is 35.5. The molecule has 4 rings (SSSR count). The summed E-state index contributed by atoms with van der Waals surface area (Å²) in [6.07, 6.45) is 4.01. The maximum absolute atomic E-state index is 6.12. The molecule has 2 aliphatic rings. The Labute approximate surface area is 132 Å². The minimum absolute atomic E-state index is 0.000223. The van der Waals surface area contributed by atoms with Crippen LogP contribution in [0.5, 0.6) is 0 Å². The van der Waals surface area contributed by atoms with E-state index in [1.807, 2.05) is 18.4 Å². The van der Waals surface area contributed by atoms with Crippen molar-refractivity contribution in [2.75, 3.05) is 6.54 Å². The predicted molar refractivity (Wildman–Crippen MR) is 80.4 cm³/mol. The molecule has 1 saturated carbocycles. The summed E-state index contributed by atoms with van der Waals surface area (Å²) < 4.78 is 14.2. The number of imidazole rings is 1. The zero-order valence-corrected chi connectivity index (χ0v) is 13.2. The zero-order chi connectivity index (χ0) is 15.5. The summed E-state index contributed by atoms with van der Waals surface area (Å²) in [5, 5.41) is 0.359. The maximum atomic E-state index is 6.12. The van der Waals surface area contributed by atoms with Gasteiger partial charge in [0.25, 0.3) is 0 Å². The molecule has 22 heavy (non-hydrogen) atoms. The molecule has 0 unspecified atom stereocenters. The number of aromatic nitrogens is 4. The summed E-state index contributed by atoms with van der Waals surface area (Å²) in [5.74, 6) is -0.337. The number of rotatable bonds is 2. The Morgan fingerprint density at radius 3 is 2.86 bits per heavy atom. The van der Waals surface area contributed by atoms with Crippen molar-refractivity contribution in [1.82, 2.24) is 19.5 Å². The Hall–Kier alpha value is -1.28. The van der Waals surface area contributed by atoms with E-state index in [0.29, 0.717) is 17.2 Å². The first kappa shape index (κ1) is 14.3. The van der Waals surface area contributed by atoms with Crippen molar-refractivity contribution in [3.8, 4) is 0 Å². The number of hydrogen-bond donors (Lipinski definition) is 1. The van der Waals surface area contributed by atoms with Crippen LogP contribution in [-0.2, 0) is 9.47 Å². The van der Waals surface area contributed by atoms with Crippen LogP contribution in [0.15, 0.2) is 12.7 Å². The van der Waals surface area contributed by atoms with Gasteiger partial charge in [0.15, 0.2) is 16.6 Å². The van der Waals surface area contributed by atoms with Crippen LogP contribution >= 0.6 is 11.6 Å². The highest BCUT2D eigenvalue weighted by Crippen LogP contribution is 2.47. The molecular weight excluding hydrogens is 306 g/mol. The van der Waals surface area contributed by atoms with Crippen LogP contribution in [0.3, 0.4) is 0 Å². The van der Waals surface area contributed by atoms with E-state index in [-0.39, 0.29) is 24.2 Å². The number of fused-ring (bicyclic) bond motifs is 2. The Morgan fingerprint density at radius 2 is 2.09 bits per heavy atom. The molecule has 1 saturated heterocycles. The third kappa shape index (κ3) is 2.04. The Balaban J connectivity index is 1.77. The minimum atomic E-state index is -0.593. The maximum Gasteiger partial charge on any atom is 0.165 e. The van der Waals surface area contributed by atoms with Crippen molar-refractivity contribution >= 4 is 22.8 Å². The first-order chi connectivity index (χ1) is 10.5. The van der Waals surface area contributed by atoms with E-state index in [1.165, 1.54) is 6.33 Å². The topological polar surface area (TPSA) is 88.1 Å². The van der Waals surface area contributed by atoms with Gasteiger partial charge in [-0.3, -0.25) is 0 Å². The average Bonchev–Trinajstić information content (AvgIpc) is 3.10. The zero-order valence-electron chi connectivity index (χ0n) is 12.4. The van der Waals surface area contributed by atoms with Crippen LogP contribution in [0, 0.1) is 5.92 Å². The van der Waals surface area contributed by atoms with Gasteiger partial charge in [0.2, 0.25) is 0 Å². The second kappa shape index (κ2) is 4.86. The molecule has 8 heteroatoms. The van der Waals surface area contributed by atoms with Gasteiger partial charge < -0.3 is 19.8 Å². The molecule has 4 atom stereocenters. The molecule has 2 aromatic rings. The average molecular weight is 324 g/mol. The molecule has 2 fully saturated rings. The van der Waals surface area contributed by atoms with E-state index in [4.69, 9.17) is 26.8 Å². The van der Waals surface area contributed by atoms with E-state index >= 15 is 0 Å². The number of hydrogen-bond acceptors (Lipinski definition) is 6. The monoisotopic (exact) mass is 323 g/mol. The van der Waals surface area contributed by atoms with Gasteiger partial charge in [-0.2, -0.15) is 0 Å². The van der Waals surface area contributed by atoms with Gasteiger partial charge in [0, 0.05) is 5.92 Å². The molecular formula is C14H18ClN5O2. The van der Waals surface area contributed by atoms with E-state index in [0.717, 1.165) is 12.1 Å². The molecule has 1 aliphatic heterocycles. The molecule has 0 radical (unpaired) electrons. The number of nitrogens with zero attached hydrogens (tertiary/aromatic N) is 4. The Kier molecular flexibility index (Phi) is 3.16. The van der Waals surface area contributed by atoms with E-state index in [1.54, 1.807) is 6.33 Å². The van der Waals surface area contributed by atoms with Crippen LogP contribution in [0.1, 0.15) is 26.3 Å². The smallest absolute Gasteiger partial charge is 0.165 e. The molecule has 0 bridgehead atoms. The Morgan fingerprint density at radius 1 is 1.32 bits per heavy atom. The minimum Gasteiger partial charge on any atom is -0.344 e.